The van der Waals surface area contributed by atoms with Gasteiger partial charge in [-0.15, -0.1) is 0 Å². The second kappa shape index (κ2) is 38.1. The third-order valence-electron chi connectivity index (χ3n) is 11.5. The van der Waals surface area contributed by atoms with Crippen molar-refractivity contribution in [3.05, 3.63) is 60.8 Å². The third-order valence-corrected chi connectivity index (χ3v) is 11.5. The number of carbonyl (C=O) groups is 2. The monoisotopic (exact) mass is 939 g/mol. The van der Waals surface area contributed by atoms with Gasteiger partial charge in [0.1, 0.15) is 55.4 Å². The van der Waals surface area contributed by atoms with Gasteiger partial charge in [-0.05, 0) is 70.6 Å². The van der Waals surface area contributed by atoms with Crippen LogP contribution in [0.1, 0.15) is 155 Å². The van der Waals surface area contributed by atoms with Gasteiger partial charge in [-0.3, -0.25) is 9.59 Å². The molecule has 0 aromatic rings. The zero-order valence-corrected chi connectivity index (χ0v) is 39.9. The van der Waals surface area contributed by atoms with Gasteiger partial charge < -0.3 is 64.2 Å². The highest BCUT2D eigenvalue weighted by Crippen LogP contribution is 2.26. The van der Waals surface area contributed by atoms with E-state index >= 15 is 0 Å². The molecule has 0 bridgehead atoms. The fourth-order valence-electron chi connectivity index (χ4n) is 7.36. The molecule has 7 N–H and O–H groups in total. The molecule has 2 aliphatic rings. The summed E-state index contributed by atoms with van der Waals surface area (Å²) in [6, 6.07) is 0. The number of ether oxygens (including phenoxy) is 6. The van der Waals surface area contributed by atoms with E-state index in [0.29, 0.717) is 12.8 Å². The molecule has 0 spiro atoms. The maximum Gasteiger partial charge on any atom is 0.306 e. The lowest BCUT2D eigenvalue weighted by Gasteiger charge is -2.42. The zero-order chi connectivity index (χ0) is 48.2. The van der Waals surface area contributed by atoms with Crippen molar-refractivity contribution in [2.24, 2.45) is 0 Å². The molecule has 15 heteroatoms. The molecule has 11 atom stereocenters. The molecule has 11 unspecified atom stereocenters. The Hall–Kier alpha value is -2.80. The van der Waals surface area contributed by atoms with Crippen LogP contribution in [0.15, 0.2) is 60.8 Å². The molecule has 66 heavy (non-hydrogen) atoms. The Bertz CT molecular complexity index is 1380. The highest BCUT2D eigenvalue weighted by molar-refractivity contribution is 5.70. The van der Waals surface area contributed by atoms with Crippen LogP contribution in [0.25, 0.3) is 0 Å². The molecule has 0 amide bonds. The van der Waals surface area contributed by atoms with E-state index in [1.165, 1.54) is 12.8 Å². The van der Waals surface area contributed by atoms with E-state index < -0.39 is 99.3 Å². The zero-order valence-electron chi connectivity index (χ0n) is 39.9. The van der Waals surface area contributed by atoms with Gasteiger partial charge in [-0.1, -0.05) is 132 Å². The Labute approximate surface area is 394 Å². The summed E-state index contributed by atoms with van der Waals surface area (Å²) in [5, 5.41) is 72.0. The molecule has 0 aromatic heterocycles. The number of aliphatic hydroxyl groups excluding tert-OH is 7. The van der Waals surface area contributed by atoms with Crippen molar-refractivity contribution >= 4 is 11.9 Å². The predicted octanol–water partition coefficient (Wildman–Crippen LogP) is 6.49. The first-order valence-corrected chi connectivity index (χ1v) is 24.9. The number of carbonyl (C=O) groups excluding carboxylic acids is 2. The van der Waals surface area contributed by atoms with Gasteiger partial charge in [-0.2, -0.15) is 0 Å². The molecule has 0 radical (unpaired) electrons. The van der Waals surface area contributed by atoms with Gasteiger partial charge >= 0.3 is 11.9 Å². The molecule has 0 saturated carbocycles. The number of hydrogen-bond donors (Lipinski definition) is 7. The van der Waals surface area contributed by atoms with Gasteiger partial charge in [-0.25, -0.2) is 0 Å². The maximum absolute atomic E-state index is 13.0. The average Bonchev–Trinajstić information content (AvgIpc) is 3.31. The number of rotatable bonds is 37. The fraction of sp³-hybridized carbons (Fsp3) is 0.765. The van der Waals surface area contributed by atoms with Crippen molar-refractivity contribution in [1.29, 1.82) is 0 Å². The SMILES string of the molecule is CC/C=C\C/C=C\C/C=C\C/C=C\CCCCCCCCC(=O)OC(COC(=O)CCCCCCC/C=C\CCCC)COC1OC(COC2OC(CO)C(O)C(O)C2O)C(O)C(O)C1O. The molecular weight excluding hydrogens is 853 g/mol. The number of allylic oxidation sites excluding steroid dienone is 10. The minimum absolute atomic E-state index is 0.145. The molecule has 2 rings (SSSR count). The van der Waals surface area contributed by atoms with Gasteiger partial charge in [0.05, 0.1) is 19.8 Å². The Morgan fingerprint density at radius 1 is 0.500 bits per heavy atom. The summed E-state index contributed by atoms with van der Waals surface area (Å²) in [5.41, 5.74) is 0. The van der Waals surface area contributed by atoms with Crippen molar-refractivity contribution in [3.8, 4) is 0 Å². The second-order valence-corrected chi connectivity index (χ2v) is 17.3. The summed E-state index contributed by atoms with van der Waals surface area (Å²) in [5.74, 6) is -0.958. The van der Waals surface area contributed by atoms with Gasteiger partial charge in [0, 0.05) is 12.8 Å². The van der Waals surface area contributed by atoms with E-state index in [4.69, 9.17) is 28.4 Å². The van der Waals surface area contributed by atoms with Crippen LogP contribution in [0, 0.1) is 0 Å². The number of unbranched alkanes of at least 4 members (excludes halogenated alkanes) is 13. The second-order valence-electron chi connectivity index (χ2n) is 17.3. The Balaban J connectivity index is 1.82. The van der Waals surface area contributed by atoms with E-state index in [9.17, 15) is 45.3 Å². The average molecular weight is 939 g/mol. The maximum atomic E-state index is 13.0. The van der Waals surface area contributed by atoms with E-state index in [1.807, 2.05) is 0 Å². The lowest BCUT2D eigenvalue weighted by molar-refractivity contribution is -0.332. The van der Waals surface area contributed by atoms with E-state index in [2.05, 4.69) is 74.6 Å². The van der Waals surface area contributed by atoms with Crippen molar-refractivity contribution in [3.63, 3.8) is 0 Å². The van der Waals surface area contributed by atoms with Crippen molar-refractivity contribution in [2.75, 3.05) is 26.4 Å². The minimum Gasteiger partial charge on any atom is -0.462 e. The quantitative estimate of drug-likeness (QED) is 0.0201. The van der Waals surface area contributed by atoms with Crippen LogP contribution in [0.2, 0.25) is 0 Å². The summed E-state index contributed by atoms with van der Waals surface area (Å²) in [6.45, 7) is 2.39. The Morgan fingerprint density at radius 2 is 0.955 bits per heavy atom. The largest absolute Gasteiger partial charge is 0.462 e. The Kier molecular flexibility index (Phi) is 34.2. The van der Waals surface area contributed by atoms with E-state index in [-0.39, 0.29) is 19.4 Å². The summed E-state index contributed by atoms with van der Waals surface area (Å²) in [6.07, 6.45) is 25.4. The van der Waals surface area contributed by atoms with Crippen LogP contribution in [0.5, 0.6) is 0 Å². The molecule has 2 heterocycles. The topological polar surface area (TPSA) is 231 Å². The minimum atomic E-state index is -1.77. The van der Waals surface area contributed by atoms with Crippen molar-refractivity contribution in [1.82, 2.24) is 0 Å². The fourth-order valence-corrected chi connectivity index (χ4v) is 7.36. The molecule has 15 nitrogen and oxygen atoms in total. The molecular formula is C51H86O15. The van der Waals surface area contributed by atoms with Crippen LogP contribution in [-0.4, -0.2) is 142 Å². The molecule has 2 aliphatic heterocycles. The van der Waals surface area contributed by atoms with Gasteiger partial charge in [0.15, 0.2) is 18.7 Å². The normalized spacial score (nSPS) is 26.7. The number of aliphatic hydroxyl groups is 7. The van der Waals surface area contributed by atoms with Gasteiger partial charge in [0.25, 0.3) is 0 Å². The molecule has 2 saturated heterocycles. The highest BCUT2D eigenvalue weighted by Gasteiger charge is 2.47. The lowest BCUT2D eigenvalue weighted by Crippen LogP contribution is -2.61. The van der Waals surface area contributed by atoms with Crippen LogP contribution in [0.4, 0.5) is 0 Å². The van der Waals surface area contributed by atoms with Gasteiger partial charge in [0.2, 0.25) is 0 Å². The van der Waals surface area contributed by atoms with Crippen LogP contribution >= 0.6 is 0 Å². The highest BCUT2D eigenvalue weighted by atomic mass is 16.7. The van der Waals surface area contributed by atoms with Crippen LogP contribution in [-0.2, 0) is 38.0 Å². The van der Waals surface area contributed by atoms with Crippen molar-refractivity contribution < 1.29 is 73.8 Å². The number of esters is 2. The standard InChI is InChI=1S/C51H86O15/c1-3-5-7-9-11-13-15-16-17-18-19-20-21-22-24-26-28-30-32-34-43(54)64-39(36-61-42(53)33-31-29-27-25-23-14-12-10-8-6-4-2)37-62-50-49(60)47(58)45(56)41(66-50)38-63-51-48(59)46(57)44(55)40(35-52)65-51/h5,7,10-13,16-17,19-20,39-41,44-52,55-60H,3-4,6,8-9,14-15,18,21-38H2,1-2H3/b7-5-,12-10-,13-11-,17-16-,20-19-. The summed E-state index contributed by atoms with van der Waals surface area (Å²) in [4.78, 5) is 25.7. The predicted molar refractivity (Wildman–Crippen MR) is 252 cm³/mol. The third kappa shape index (κ3) is 26.1. The molecule has 2 fully saturated rings. The molecule has 0 aliphatic carbocycles. The van der Waals surface area contributed by atoms with E-state index in [1.54, 1.807) is 0 Å². The number of hydrogen-bond acceptors (Lipinski definition) is 15. The smallest absolute Gasteiger partial charge is 0.306 e. The van der Waals surface area contributed by atoms with Crippen molar-refractivity contribution in [2.45, 2.75) is 223 Å². The Morgan fingerprint density at radius 3 is 1.52 bits per heavy atom. The van der Waals surface area contributed by atoms with Crippen LogP contribution < -0.4 is 0 Å². The molecule has 0 aromatic carbocycles. The lowest BCUT2D eigenvalue weighted by atomic mass is 9.98. The molecule has 380 valence electrons. The first-order valence-electron chi connectivity index (χ1n) is 24.9. The van der Waals surface area contributed by atoms with Crippen LogP contribution in [0.3, 0.4) is 0 Å². The summed E-state index contributed by atoms with van der Waals surface area (Å²) >= 11 is 0. The summed E-state index contributed by atoms with van der Waals surface area (Å²) < 4.78 is 33.5. The first kappa shape index (κ1) is 59.3. The van der Waals surface area contributed by atoms with E-state index in [0.717, 1.165) is 103 Å². The first-order chi connectivity index (χ1) is 32.0. The summed E-state index contributed by atoms with van der Waals surface area (Å²) in [7, 11) is 0.